The molecule has 1 heterocycles. The van der Waals surface area contributed by atoms with Crippen LogP contribution in [0.4, 0.5) is 0 Å². The van der Waals surface area contributed by atoms with E-state index in [0.717, 1.165) is 17.5 Å². The fourth-order valence-electron chi connectivity index (χ4n) is 2.56. The summed E-state index contributed by atoms with van der Waals surface area (Å²) in [6.07, 6.45) is 2.41. The largest absolute Gasteiger partial charge is 0.358 e. The first kappa shape index (κ1) is 10.2. The molecule has 0 bridgehead atoms. The van der Waals surface area contributed by atoms with E-state index in [1.165, 1.54) is 24.0 Å². The molecule has 1 unspecified atom stereocenters. The second-order valence-electron chi connectivity index (χ2n) is 4.41. The van der Waals surface area contributed by atoms with Crippen LogP contribution in [0.15, 0.2) is 23.2 Å². The molecule has 1 aromatic rings. The number of fused-ring (bicyclic) bond motifs is 1. The molecule has 2 nitrogen and oxygen atoms in total. The maximum absolute atomic E-state index is 4.46. The number of nitrogens with one attached hydrogen (secondary N) is 1. The summed E-state index contributed by atoms with van der Waals surface area (Å²) >= 11 is 1.85. The Kier molecular flexibility index (Phi) is 2.64. The van der Waals surface area contributed by atoms with Crippen molar-refractivity contribution in [3.05, 3.63) is 34.9 Å². The lowest BCUT2D eigenvalue weighted by Crippen LogP contribution is -2.23. The maximum atomic E-state index is 4.46. The second-order valence-corrected chi connectivity index (χ2v) is 5.50. The first-order valence-electron chi connectivity index (χ1n) is 5.87. The van der Waals surface area contributed by atoms with Gasteiger partial charge in [0.1, 0.15) is 0 Å². The zero-order valence-electron chi connectivity index (χ0n) is 9.49. The highest BCUT2D eigenvalue weighted by atomic mass is 32.2. The fraction of sp³-hybridized carbons (Fsp3) is 0.462. The second kappa shape index (κ2) is 4.13. The molecule has 3 heteroatoms. The molecule has 0 radical (unpaired) electrons. The molecule has 1 atom stereocenters. The minimum absolute atomic E-state index is 0.485. The lowest BCUT2D eigenvalue weighted by molar-refractivity contribution is 0.644. The van der Waals surface area contributed by atoms with Gasteiger partial charge in [-0.2, -0.15) is 0 Å². The molecule has 1 N–H and O–H groups in total. The number of nitrogens with zero attached hydrogens (tertiary/aromatic N) is 1. The van der Waals surface area contributed by atoms with Crippen molar-refractivity contribution < 1.29 is 0 Å². The molecule has 0 saturated heterocycles. The molecule has 0 spiro atoms. The fourth-order valence-corrected chi connectivity index (χ4v) is 3.34. The van der Waals surface area contributed by atoms with E-state index in [4.69, 9.17) is 0 Å². The van der Waals surface area contributed by atoms with E-state index in [9.17, 15) is 0 Å². The Bertz CT molecular complexity index is 440. The molecule has 84 valence electrons. The third kappa shape index (κ3) is 1.73. The minimum atomic E-state index is 0.485. The van der Waals surface area contributed by atoms with Gasteiger partial charge in [0.15, 0.2) is 5.17 Å². The van der Waals surface area contributed by atoms with Gasteiger partial charge in [-0.15, -0.1) is 0 Å². The molecular weight excluding hydrogens is 216 g/mol. The number of rotatable bonds is 1. The van der Waals surface area contributed by atoms with Gasteiger partial charge in [-0.3, -0.25) is 4.99 Å². The smallest absolute Gasteiger partial charge is 0.157 e. The first-order valence-corrected chi connectivity index (χ1v) is 6.85. The van der Waals surface area contributed by atoms with Gasteiger partial charge < -0.3 is 5.32 Å². The molecule has 0 amide bonds. The van der Waals surface area contributed by atoms with E-state index in [1.807, 2.05) is 11.8 Å². The zero-order valence-corrected chi connectivity index (χ0v) is 10.3. The summed E-state index contributed by atoms with van der Waals surface area (Å²) in [5.41, 5.74) is 4.46. The van der Waals surface area contributed by atoms with E-state index >= 15 is 0 Å². The minimum Gasteiger partial charge on any atom is -0.358 e. The Hall–Kier alpha value is -0.960. The van der Waals surface area contributed by atoms with E-state index in [-0.39, 0.29) is 0 Å². The molecule has 1 aromatic carbocycles. The summed E-state index contributed by atoms with van der Waals surface area (Å²) in [4.78, 5) is 4.46. The van der Waals surface area contributed by atoms with Crippen LogP contribution < -0.4 is 5.32 Å². The van der Waals surface area contributed by atoms with Crippen LogP contribution in [-0.2, 0) is 6.42 Å². The summed E-state index contributed by atoms with van der Waals surface area (Å²) in [5, 5.41) is 4.71. The van der Waals surface area contributed by atoms with Crippen LogP contribution >= 0.6 is 11.8 Å². The van der Waals surface area contributed by atoms with Crippen molar-refractivity contribution in [2.45, 2.75) is 25.8 Å². The predicted molar refractivity (Wildman–Crippen MR) is 70.1 cm³/mol. The van der Waals surface area contributed by atoms with E-state index in [2.05, 4.69) is 35.4 Å². The highest BCUT2D eigenvalue weighted by Crippen LogP contribution is 2.33. The van der Waals surface area contributed by atoms with Crippen molar-refractivity contribution in [1.82, 2.24) is 5.32 Å². The van der Waals surface area contributed by atoms with Crippen LogP contribution in [0.25, 0.3) is 0 Å². The Morgan fingerprint density at radius 1 is 1.44 bits per heavy atom. The summed E-state index contributed by atoms with van der Waals surface area (Å²) in [5.74, 6) is 1.13. The van der Waals surface area contributed by atoms with Gasteiger partial charge >= 0.3 is 0 Å². The van der Waals surface area contributed by atoms with Crippen LogP contribution in [0, 0.1) is 6.92 Å². The third-order valence-electron chi connectivity index (χ3n) is 3.39. The number of thioether (sulfide) groups is 1. The number of hydrogen-bond acceptors (Lipinski definition) is 3. The average Bonchev–Trinajstić information content (AvgIpc) is 2.90. The van der Waals surface area contributed by atoms with Crippen molar-refractivity contribution in [2.75, 3.05) is 12.3 Å². The van der Waals surface area contributed by atoms with Crippen LogP contribution in [-0.4, -0.2) is 17.5 Å². The molecule has 16 heavy (non-hydrogen) atoms. The van der Waals surface area contributed by atoms with Crippen molar-refractivity contribution in [3.8, 4) is 0 Å². The van der Waals surface area contributed by atoms with Gasteiger partial charge in [0, 0.05) is 5.75 Å². The van der Waals surface area contributed by atoms with Crippen LogP contribution in [0.2, 0.25) is 0 Å². The molecule has 3 rings (SSSR count). The molecule has 2 aliphatic rings. The summed E-state index contributed by atoms with van der Waals surface area (Å²) < 4.78 is 0. The van der Waals surface area contributed by atoms with Gasteiger partial charge in [-0.25, -0.2) is 0 Å². The predicted octanol–water partition coefficient (Wildman–Crippen LogP) is 2.67. The zero-order chi connectivity index (χ0) is 11.0. The highest BCUT2D eigenvalue weighted by molar-refractivity contribution is 8.14. The molecule has 0 fully saturated rings. The third-order valence-corrected chi connectivity index (χ3v) is 4.30. The van der Waals surface area contributed by atoms with Gasteiger partial charge in [-0.1, -0.05) is 30.0 Å². The number of hydrogen-bond donors (Lipinski definition) is 1. The van der Waals surface area contributed by atoms with Gasteiger partial charge in [0.2, 0.25) is 0 Å². The van der Waals surface area contributed by atoms with Crippen molar-refractivity contribution >= 4 is 16.9 Å². The molecule has 1 aliphatic carbocycles. The van der Waals surface area contributed by atoms with Crippen molar-refractivity contribution in [2.24, 2.45) is 4.99 Å². The lowest BCUT2D eigenvalue weighted by atomic mass is 10.0. The highest BCUT2D eigenvalue weighted by Gasteiger charge is 2.24. The topological polar surface area (TPSA) is 24.4 Å². The molecular formula is C13H16N2S. The van der Waals surface area contributed by atoms with Crippen LogP contribution in [0.1, 0.15) is 29.2 Å². The first-order chi connectivity index (χ1) is 7.84. The quantitative estimate of drug-likeness (QED) is 0.805. The van der Waals surface area contributed by atoms with Crippen molar-refractivity contribution in [3.63, 3.8) is 0 Å². The van der Waals surface area contributed by atoms with E-state index in [0.29, 0.717) is 6.04 Å². The monoisotopic (exact) mass is 232 g/mol. The number of aliphatic imine (C=N–C) groups is 1. The standard InChI is InChI=1S/C13H16N2S/c1-9-3-2-4-11-10(9)5-6-12(11)15-13-14-7-8-16-13/h2-4,12H,5-8H2,1H3,(H,14,15). The summed E-state index contributed by atoms with van der Waals surface area (Å²) in [7, 11) is 0. The normalized spacial score (nSPS) is 23.1. The number of aryl methyl sites for hydroxylation is 1. The maximum Gasteiger partial charge on any atom is 0.157 e. The average molecular weight is 232 g/mol. The molecule has 0 aromatic heterocycles. The Labute approximate surface area is 101 Å². The Morgan fingerprint density at radius 2 is 2.38 bits per heavy atom. The van der Waals surface area contributed by atoms with Crippen molar-refractivity contribution in [1.29, 1.82) is 0 Å². The van der Waals surface area contributed by atoms with Gasteiger partial charge in [0.05, 0.1) is 12.6 Å². The van der Waals surface area contributed by atoms with Gasteiger partial charge in [-0.05, 0) is 36.5 Å². The van der Waals surface area contributed by atoms with Crippen LogP contribution in [0.3, 0.4) is 0 Å². The SMILES string of the molecule is Cc1cccc2c1CCC2NC1=NCCS1. The van der Waals surface area contributed by atoms with E-state index in [1.54, 1.807) is 5.56 Å². The Balaban J connectivity index is 1.83. The summed E-state index contributed by atoms with van der Waals surface area (Å²) in [6.45, 7) is 3.18. The van der Waals surface area contributed by atoms with E-state index < -0.39 is 0 Å². The summed E-state index contributed by atoms with van der Waals surface area (Å²) in [6, 6.07) is 7.12. The number of amidine groups is 1. The lowest BCUT2D eigenvalue weighted by Gasteiger charge is -2.14. The van der Waals surface area contributed by atoms with Crippen LogP contribution in [0.5, 0.6) is 0 Å². The van der Waals surface area contributed by atoms with Gasteiger partial charge in [0.25, 0.3) is 0 Å². The Morgan fingerprint density at radius 3 is 3.19 bits per heavy atom. The molecule has 1 aliphatic heterocycles. The number of benzene rings is 1. The molecule has 0 saturated carbocycles.